The van der Waals surface area contributed by atoms with E-state index in [0.717, 1.165) is 6.42 Å². The number of carbonyl (C=O) groups excluding carboxylic acids is 4. The molecule has 0 bridgehead atoms. The number of nitrogens with zero attached hydrogens (tertiary/aromatic N) is 1. The molecule has 11 heteroatoms. The quantitative estimate of drug-likeness (QED) is 0.262. The summed E-state index contributed by atoms with van der Waals surface area (Å²) in [6, 6.07) is 3.27. The van der Waals surface area contributed by atoms with Crippen molar-refractivity contribution in [2.24, 2.45) is 17.8 Å². The molecule has 4 aliphatic rings. The van der Waals surface area contributed by atoms with E-state index in [0.29, 0.717) is 18.4 Å². The third kappa shape index (κ3) is 4.24. The maximum atomic E-state index is 14.2. The molecule has 0 aliphatic heterocycles. The molecule has 1 fully saturated rings. The highest BCUT2D eigenvalue weighted by molar-refractivity contribution is 6.25. The van der Waals surface area contributed by atoms with Crippen LogP contribution in [-0.2, 0) is 19.1 Å². The van der Waals surface area contributed by atoms with Crippen LogP contribution in [0, 0.1) is 17.8 Å². The highest BCUT2D eigenvalue weighted by Crippen LogP contribution is 2.56. The lowest BCUT2D eigenvalue weighted by molar-refractivity contribution is -0.185. The zero-order valence-electron chi connectivity index (χ0n) is 24.6. The first-order chi connectivity index (χ1) is 19.5. The van der Waals surface area contributed by atoms with Crippen molar-refractivity contribution in [1.29, 1.82) is 0 Å². The number of amides is 1. The normalized spacial score (nSPS) is 31.3. The number of phenolic OH excluding ortho intramolecular Hbond substituents is 1. The molecular formula is C31H38N2O9. The van der Waals surface area contributed by atoms with Gasteiger partial charge in [-0.25, -0.2) is 0 Å². The fraction of sp³-hybridized carbons (Fsp3) is 0.548. The van der Waals surface area contributed by atoms with Gasteiger partial charge in [0.1, 0.15) is 28.9 Å². The summed E-state index contributed by atoms with van der Waals surface area (Å²) in [7, 11) is 3.11. The topological polar surface area (TPSA) is 174 Å². The minimum Gasteiger partial charge on any atom is -0.510 e. The predicted molar refractivity (Wildman–Crippen MR) is 150 cm³/mol. The number of nitrogens with one attached hydrogen (secondary N) is 1. The van der Waals surface area contributed by atoms with Gasteiger partial charge in [-0.05, 0) is 65.3 Å². The van der Waals surface area contributed by atoms with Crippen molar-refractivity contribution < 1.29 is 44.3 Å². The Bertz CT molecular complexity index is 1450. The molecule has 0 radical (unpaired) electrons. The van der Waals surface area contributed by atoms with E-state index in [2.05, 4.69) is 5.32 Å². The Hall–Kier alpha value is -3.70. The number of ether oxygens (including phenoxy) is 1. The van der Waals surface area contributed by atoms with E-state index in [1.165, 1.54) is 11.0 Å². The van der Waals surface area contributed by atoms with Crippen LogP contribution >= 0.6 is 0 Å². The number of aliphatic hydroxyl groups excluding tert-OH is 2. The number of benzene rings is 1. The van der Waals surface area contributed by atoms with E-state index in [-0.39, 0.29) is 16.9 Å². The number of rotatable bonds is 4. The Morgan fingerprint density at radius 1 is 1.10 bits per heavy atom. The summed E-state index contributed by atoms with van der Waals surface area (Å²) < 4.78 is 6.09. The molecule has 1 aromatic carbocycles. The zero-order valence-corrected chi connectivity index (χ0v) is 24.6. The SMILES string of the molecule is CC1c2cccc(O)c2C(=O)C2=C(O)C3(O)C(=O)C(C(=O)NC(C)(C)C)=C(O)C(N(C)C)C3C(OC(=O)C3CCC3)C21. The van der Waals surface area contributed by atoms with Crippen LogP contribution in [0.3, 0.4) is 0 Å². The van der Waals surface area contributed by atoms with Crippen molar-refractivity contribution in [2.45, 2.75) is 76.2 Å². The molecule has 0 aromatic heterocycles. The first-order valence-electron chi connectivity index (χ1n) is 14.2. The highest BCUT2D eigenvalue weighted by Gasteiger charge is 2.69. The standard InChI is InChI=1S/C31H38N2O9/c1-13-15-11-8-12-16(34)18(15)23(35)19-17(13)25(42-29(40)14-9-7-10-14)21-22(33(5)6)24(36)20(28(39)32-30(2,3)4)27(38)31(21,41)26(19)37/h8,11-14,17,21-22,25,34,36-37,41H,7,9-10H2,1-6H3,(H,32,39). The van der Waals surface area contributed by atoms with Gasteiger partial charge in [-0.3, -0.25) is 24.1 Å². The molecule has 6 atom stereocenters. The van der Waals surface area contributed by atoms with Crippen LogP contribution in [0.5, 0.6) is 5.75 Å². The molecule has 5 N–H and O–H groups in total. The predicted octanol–water partition coefficient (Wildman–Crippen LogP) is 2.43. The summed E-state index contributed by atoms with van der Waals surface area (Å²) in [5, 5.41) is 48.9. The molecule has 0 saturated heterocycles. The number of hydrogen-bond donors (Lipinski definition) is 5. The Balaban J connectivity index is 1.79. The summed E-state index contributed by atoms with van der Waals surface area (Å²) in [4.78, 5) is 56.3. The third-order valence-electron chi connectivity index (χ3n) is 9.13. The molecule has 0 spiro atoms. The molecule has 1 saturated carbocycles. The van der Waals surface area contributed by atoms with Gasteiger partial charge in [0, 0.05) is 17.0 Å². The van der Waals surface area contributed by atoms with Gasteiger partial charge in [-0.1, -0.05) is 25.5 Å². The summed E-state index contributed by atoms with van der Waals surface area (Å²) in [5.74, 6) is -9.20. The summed E-state index contributed by atoms with van der Waals surface area (Å²) in [6.07, 6.45) is 0.670. The first kappa shape index (κ1) is 29.8. The maximum Gasteiger partial charge on any atom is 0.309 e. The Labute approximate surface area is 243 Å². The van der Waals surface area contributed by atoms with Crippen LogP contribution in [-0.4, -0.2) is 86.2 Å². The Morgan fingerprint density at radius 3 is 2.29 bits per heavy atom. The van der Waals surface area contributed by atoms with E-state index in [1.807, 2.05) is 0 Å². The van der Waals surface area contributed by atoms with E-state index in [1.54, 1.807) is 53.9 Å². The number of aromatic hydroxyl groups is 1. The number of phenols is 1. The first-order valence-corrected chi connectivity index (χ1v) is 14.2. The number of hydrogen-bond acceptors (Lipinski definition) is 10. The summed E-state index contributed by atoms with van der Waals surface area (Å²) in [6.45, 7) is 6.75. The molecule has 4 aliphatic carbocycles. The molecule has 11 nitrogen and oxygen atoms in total. The van der Waals surface area contributed by atoms with Crippen LogP contribution in [0.15, 0.2) is 40.9 Å². The lowest BCUT2D eigenvalue weighted by Gasteiger charge is -2.54. The molecule has 0 heterocycles. The number of likely N-dealkylation sites (N-methyl/N-ethyl adjacent to an activating group) is 1. The second kappa shape index (κ2) is 9.95. The maximum absolute atomic E-state index is 14.2. The number of fused-ring (bicyclic) bond motifs is 3. The van der Waals surface area contributed by atoms with E-state index < -0.39 is 87.5 Å². The van der Waals surface area contributed by atoms with Crippen molar-refractivity contribution in [3.63, 3.8) is 0 Å². The van der Waals surface area contributed by atoms with Gasteiger partial charge in [0.2, 0.25) is 5.78 Å². The van der Waals surface area contributed by atoms with Gasteiger partial charge < -0.3 is 30.5 Å². The van der Waals surface area contributed by atoms with Crippen LogP contribution < -0.4 is 5.32 Å². The third-order valence-corrected chi connectivity index (χ3v) is 9.13. The minimum atomic E-state index is -2.92. The van der Waals surface area contributed by atoms with Crippen molar-refractivity contribution >= 4 is 23.4 Å². The molecular weight excluding hydrogens is 544 g/mol. The van der Waals surface area contributed by atoms with Crippen LogP contribution in [0.4, 0.5) is 0 Å². The fourth-order valence-corrected chi connectivity index (χ4v) is 6.95. The number of aliphatic hydroxyl groups is 3. The molecule has 226 valence electrons. The van der Waals surface area contributed by atoms with E-state index in [9.17, 15) is 39.6 Å². The average Bonchev–Trinajstić information content (AvgIpc) is 2.83. The van der Waals surface area contributed by atoms with Gasteiger partial charge in [-0.2, -0.15) is 0 Å². The Kier molecular flexibility index (Phi) is 7.05. The lowest BCUT2D eigenvalue weighted by Crippen LogP contribution is -2.69. The van der Waals surface area contributed by atoms with Gasteiger partial charge in [0.15, 0.2) is 11.4 Å². The van der Waals surface area contributed by atoms with Crippen molar-refractivity contribution in [2.75, 3.05) is 14.1 Å². The van der Waals surface area contributed by atoms with Crippen LogP contribution in [0.1, 0.15) is 68.8 Å². The number of Topliss-reactive ketones (excluding diaryl/α,β-unsaturated/α-hetero) is 2. The highest BCUT2D eigenvalue weighted by atomic mass is 16.5. The van der Waals surface area contributed by atoms with Gasteiger partial charge in [0.05, 0.1) is 23.4 Å². The number of ketones is 2. The lowest BCUT2D eigenvalue weighted by atomic mass is 9.55. The van der Waals surface area contributed by atoms with Gasteiger partial charge >= 0.3 is 5.97 Å². The molecule has 42 heavy (non-hydrogen) atoms. The molecule has 6 unspecified atom stereocenters. The largest absolute Gasteiger partial charge is 0.510 e. The van der Waals surface area contributed by atoms with Crippen LogP contribution in [0.2, 0.25) is 0 Å². The molecule has 1 amide bonds. The van der Waals surface area contributed by atoms with Crippen molar-refractivity contribution in [1.82, 2.24) is 10.2 Å². The fourth-order valence-electron chi connectivity index (χ4n) is 6.95. The van der Waals surface area contributed by atoms with Gasteiger partial charge in [0.25, 0.3) is 5.91 Å². The second-order valence-corrected chi connectivity index (χ2v) is 13.2. The Morgan fingerprint density at radius 2 is 1.74 bits per heavy atom. The molecule has 5 rings (SSSR count). The minimum absolute atomic E-state index is 0.0922. The van der Waals surface area contributed by atoms with Crippen LogP contribution in [0.25, 0.3) is 0 Å². The number of carbonyl (C=O) groups is 4. The zero-order chi connectivity index (χ0) is 31.0. The van der Waals surface area contributed by atoms with Crippen molar-refractivity contribution in [3.8, 4) is 5.75 Å². The van der Waals surface area contributed by atoms with Gasteiger partial charge in [-0.15, -0.1) is 0 Å². The second-order valence-electron chi connectivity index (χ2n) is 13.2. The molecule has 1 aromatic rings. The summed E-state index contributed by atoms with van der Waals surface area (Å²) in [5.41, 5.74) is -4.52. The average molecular weight is 583 g/mol. The van der Waals surface area contributed by atoms with E-state index in [4.69, 9.17) is 4.74 Å². The monoisotopic (exact) mass is 582 g/mol. The number of esters is 1. The van der Waals surface area contributed by atoms with Crippen molar-refractivity contribution in [3.05, 3.63) is 52.0 Å². The summed E-state index contributed by atoms with van der Waals surface area (Å²) >= 11 is 0. The van der Waals surface area contributed by atoms with E-state index >= 15 is 0 Å². The smallest absolute Gasteiger partial charge is 0.309 e.